The Hall–Kier alpha value is -8.25. The second kappa shape index (κ2) is 29.9. The van der Waals surface area contributed by atoms with Crippen molar-refractivity contribution in [2.75, 3.05) is 65.6 Å². The zero-order chi connectivity index (χ0) is 71.4. The predicted octanol–water partition coefficient (Wildman–Crippen LogP) is 8.67. The van der Waals surface area contributed by atoms with Crippen LogP contribution in [-0.2, 0) is 44.3 Å². The highest BCUT2D eigenvalue weighted by Gasteiger charge is 2.43. The standard InChI is InChI=1S/2C23H31N5O4S.C23H29N5O4S/c3*1-15-13-23(2,3)28(14-15)21-16(10-11-17(25-21)18-7-4-5-12-32-18)22(29)27-33(30,31)20-9-6-8-19(24)26-20/h2*6,8-11,15,18H,4-5,7,12-14H2,1-3H3,(H2,24,26)(H,27,29);6,9-11,15,18H,4-5,7,12-14H2,1-3H3,(H2-,24,26,27,29)/p+1/t3*15-,18?/m000/s1. The number of ether oxygens (including phenoxy) is 3. The van der Waals surface area contributed by atoms with Gasteiger partial charge in [-0.1, -0.05) is 32.9 Å². The van der Waals surface area contributed by atoms with Crippen LogP contribution in [0.2, 0.25) is 0 Å². The number of nitrogens with zero attached hydrogens (tertiary/aromatic N) is 9. The van der Waals surface area contributed by atoms with Gasteiger partial charge in [0, 0.05) is 56.1 Å². The number of hydrogen-bond acceptors (Lipinski definition) is 24. The maximum Gasteiger partial charge on any atom is 0.301 e. The van der Waals surface area contributed by atoms with Crippen molar-refractivity contribution in [1.82, 2.24) is 39.1 Å². The first kappa shape index (κ1) is 73.5. The number of carbonyl (C=O) groups is 3. The third-order valence-corrected chi connectivity index (χ3v) is 22.3. The zero-order valence-electron chi connectivity index (χ0n) is 57.7. The van der Waals surface area contributed by atoms with Crippen LogP contribution < -0.4 is 46.1 Å². The highest BCUT2D eigenvalue weighted by molar-refractivity contribution is 8.05. The normalized spacial score (nSPS) is 23.4. The number of hydrogen-bond donors (Lipinski definition) is 6. The van der Waals surface area contributed by atoms with Crippen LogP contribution >= 0.6 is 0 Å². The molecule has 7 aliphatic heterocycles. The van der Waals surface area contributed by atoms with E-state index >= 15 is 0 Å². The number of anilines is 5. The summed E-state index contributed by atoms with van der Waals surface area (Å²) in [5.74, 6) is 0.403. The van der Waals surface area contributed by atoms with Gasteiger partial charge in [-0.25, -0.2) is 39.1 Å². The number of pyridine rings is 5. The summed E-state index contributed by atoms with van der Waals surface area (Å²) in [5, 5.41) is -0.968. The number of aromatic nitrogens is 5. The minimum Gasteiger partial charge on any atom is -0.384 e. The summed E-state index contributed by atoms with van der Waals surface area (Å²) < 4.78 is 101. The fourth-order valence-corrected chi connectivity index (χ4v) is 17.1. The first-order chi connectivity index (χ1) is 46.7. The van der Waals surface area contributed by atoms with E-state index in [0.717, 1.165) is 107 Å². The van der Waals surface area contributed by atoms with Crippen LogP contribution in [0.25, 0.3) is 0 Å². The average molecular weight is 1420 g/mol. The van der Waals surface area contributed by atoms with Crippen molar-refractivity contribution in [1.29, 1.82) is 0 Å². The van der Waals surface area contributed by atoms with E-state index in [9.17, 15) is 39.6 Å². The molecule has 12 rings (SSSR count). The van der Waals surface area contributed by atoms with Crippen LogP contribution in [0.4, 0.5) is 29.1 Å². The maximum absolute atomic E-state index is 13.2. The Morgan fingerprint density at radius 1 is 0.475 bits per heavy atom. The van der Waals surface area contributed by atoms with Crippen LogP contribution in [0.15, 0.2) is 106 Å². The molecular weight excluding hydrogens is 1330 g/mol. The predicted molar refractivity (Wildman–Crippen MR) is 376 cm³/mol. The molecule has 27 nitrogen and oxygen atoms in total. The maximum atomic E-state index is 13.2. The number of allylic oxidation sites excluding steroid dienone is 2. The summed E-state index contributed by atoms with van der Waals surface area (Å²) in [6.07, 6.45) is 16.4. The topological polar surface area (TPSA) is 382 Å². The first-order valence-electron chi connectivity index (χ1n) is 33.7. The van der Waals surface area contributed by atoms with Gasteiger partial charge in [-0.05, 0) is 197 Å². The number of rotatable bonds is 13. The summed E-state index contributed by atoms with van der Waals surface area (Å²) in [5.41, 5.74) is 19.0. The molecule has 0 aromatic carbocycles. The number of amides is 3. The molecule has 5 aromatic heterocycles. The molecule has 532 valence electrons. The lowest BCUT2D eigenvalue weighted by Crippen LogP contribution is -2.42. The van der Waals surface area contributed by atoms with Crippen LogP contribution in [0.5, 0.6) is 0 Å². The Bertz CT molecular complexity index is 4100. The molecule has 0 radical (unpaired) electrons. The van der Waals surface area contributed by atoms with Crippen LogP contribution in [0, 0.1) is 23.8 Å². The zero-order valence-corrected chi connectivity index (χ0v) is 60.1. The Labute approximate surface area is 580 Å². The highest BCUT2D eigenvalue weighted by atomic mass is 32.2. The van der Waals surface area contributed by atoms with Gasteiger partial charge in [-0.2, -0.15) is 30.2 Å². The van der Waals surface area contributed by atoms with Gasteiger partial charge < -0.3 is 46.1 Å². The second-order valence-electron chi connectivity index (χ2n) is 28.5. The number of nitrogen functional groups attached to an aromatic ring is 2. The van der Waals surface area contributed by atoms with E-state index in [1.54, 1.807) is 36.4 Å². The minimum atomic E-state index is -4.22. The van der Waals surface area contributed by atoms with Crippen LogP contribution in [0.1, 0.15) is 206 Å². The smallest absolute Gasteiger partial charge is 0.301 e. The highest BCUT2D eigenvalue weighted by Crippen LogP contribution is 2.43. The van der Waals surface area contributed by atoms with E-state index in [4.69, 9.17) is 46.4 Å². The molecule has 0 aliphatic carbocycles. The van der Waals surface area contributed by atoms with Crippen LogP contribution in [-0.4, -0.2) is 129 Å². The molecule has 0 spiro atoms. The molecule has 9 N–H and O–H groups in total. The lowest BCUT2D eigenvalue weighted by Gasteiger charge is -2.34. The van der Waals surface area contributed by atoms with Gasteiger partial charge in [-0.15, -0.1) is 0 Å². The van der Waals surface area contributed by atoms with Crippen LogP contribution in [0.3, 0.4) is 0 Å². The van der Waals surface area contributed by atoms with Crippen molar-refractivity contribution in [2.45, 2.75) is 184 Å². The monoisotopic (exact) mass is 1420 g/mol. The van der Waals surface area contributed by atoms with Crippen molar-refractivity contribution in [2.24, 2.45) is 28.5 Å². The van der Waals surface area contributed by atoms with Gasteiger partial charge >= 0.3 is 10.0 Å². The molecule has 5 aromatic rings. The lowest BCUT2D eigenvalue weighted by atomic mass is 9.97. The molecule has 30 heteroatoms. The van der Waals surface area contributed by atoms with Crippen molar-refractivity contribution in [3.05, 3.63) is 131 Å². The van der Waals surface area contributed by atoms with Gasteiger partial charge in [0.05, 0.1) is 52.1 Å². The summed E-state index contributed by atoms with van der Waals surface area (Å²) in [7, 11) is -12.6. The SMILES string of the molecule is C[C@@H]1CN(c2nc(C3CCCCO3)ccc2C(=O)NS(=O)(=O)C2=NC(N)=[C+]C=C2)C(C)(C)C1.C[C@@H]1CN(c2nc(C3CCCCO3)ccc2C(=O)NS(=O)(=O)c2cccc(N)n2)C(C)(C)C1.C[C@@H]1CN(c2nc(C3CCCCO3)ccc2C(=O)NS(=O)(=O)c2cccc(N)n2)C(C)(C)C1. The molecule has 12 heterocycles. The molecule has 7 aliphatic rings. The second-order valence-corrected chi connectivity index (χ2v) is 33.4. The van der Waals surface area contributed by atoms with Gasteiger partial charge in [0.25, 0.3) is 48.6 Å². The van der Waals surface area contributed by atoms with E-state index in [1.807, 2.05) is 0 Å². The molecule has 0 bridgehead atoms. The number of nitrogens with two attached hydrogens (primary N) is 3. The molecule has 0 saturated carbocycles. The summed E-state index contributed by atoms with van der Waals surface area (Å²) in [6, 6.07) is 18.7. The Balaban J connectivity index is 0.000000161. The first-order valence-corrected chi connectivity index (χ1v) is 38.2. The number of aliphatic imine (C=N–C) groups is 1. The van der Waals surface area contributed by atoms with Crippen molar-refractivity contribution in [3.63, 3.8) is 0 Å². The van der Waals surface area contributed by atoms with E-state index in [1.165, 1.54) is 48.6 Å². The average Bonchev–Trinajstić information content (AvgIpc) is 1.72. The summed E-state index contributed by atoms with van der Waals surface area (Å²) >= 11 is 0. The Kier molecular flexibility index (Phi) is 22.2. The van der Waals surface area contributed by atoms with E-state index in [-0.39, 0.29) is 84.2 Å². The number of nitrogens with one attached hydrogen (secondary N) is 3. The summed E-state index contributed by atoms with van der Waals surface area (Å²) in [4.78, 5) is 72.0. The van der Waals surface area contributed by atoms with Gasteiger partial charge in [-0.3, -0.25) is 14.4 Å². The molecule has 6 atom stereocenters. The summed E-state index contributed by atoms with van der Waals surface area (Å²) in [6.45, 7) is 23.3. The molecule has 6 saturated heterocycles. The van der Waals surface area contributed by atoms with Crippen molar-refractivity contribution in [3.8, 4) is 0 Å². The molecule has 6 fully saturated rings. The quantitative estimate of drug-likeness (QED) is 0.0600. The lowest BCUT2D eigenvalue weighted by molar-refractivity contribution is 0.0122. The van der Waals surface area contributed by atoms with E-state index < -0.39 is 47.8 Å². The van der Waals surface area contributed by atoms with Gasteiger partial charge in [0.15, 0.2) is 16.1 Å². The van der Waals surface area contributed by atoms with E-state index in [0.29, 0.717) is 61.6 Å². The van der Waals surface area contributed by atoms with E-state index in [2.05, 4.69) is 112 Å². The van der Waals surface area contributed by atoms with Crippen molar-refractivity contribution >= 4 is 81.9 Å². The fraction of sp³-hybridized carbons (Fsp3) is 0.522. The molecule has 3 unspecified atom stereocenters. The Morgan fingerprint density at radius 2 is 0.808 bits per heavy atom. The number of sulfonamides is 3. The molecular formula is C69H92N15O12S3+. The third-order valence-electron chi connectivity index (χ3n) is 18.6. The fourth-order valence-electron chi connectivity index (χ4n) is 14.3. The largest absolute Gasteiger partial charge is 0.384 e. The molecule has 99 heavy (non-hydrogen) atoms. The minimum absolute atomic E-state index is 0.0531. The van der Waals surface area contributed by atoms with Gasteiger partial charge in [0.2, 0.25) is 0 Å². The van der Waals surface area contributed by atoms with Gasteiger partial charge in [0.1, 0.15) is 41.2 Å². The van der Waals surface area contributed by atoms with Crippen molar-refractivity contribution < 1.29 is 53.8 Å². The third kappa shape index (κ3) is 17.5. The Morgan fingerprint density at radius 3 is 1.09 bits per heavy atom. The molecule has 3 amide bonds. The number of carbonyl (C=O) groups excluding carboxylic acids is 3.